The van der Waals surface area contributed by atoms with Gasteiger partial charge in [0.15, 0.2) is 0 Å². The second-order valence-electron chi connectivity index (χ2n) is 5.67. The van der Waals surface area contributed by atoms with E-state index >= 15 is 0 Å². The Labute approximate surface area is 112 Å². The second-order valence-corrected chi connectivity index (χ2v) is 5.67. The molecule has 18 heavy (non-hydrogen) atoms. The van der Waals surface area contributed by atoms with Crippen molar-refractivity contribution >= 4 is 0 Å². The Morgan fingerprint density at radius 3 is 2.67 bits per heavy atom. The van der Waals surface area contributed by atoms with Gasteiger partial charge < -0.3 is 15.0 Å². The zero-order chi connectivity index (χ0) is 12.6. The molecule has 1 unspecified atom stereocenters. The predicted octanol–water partition coefficient (Wildman–Crippen LogP) is 0.783. The first-order valence-corrected chi connectivity index (χ1v) is 7.58. The van der Waals surface area contributed by atoms with Gasteiger partial charge in [-0.05, 0) is 39.3 Å². The molecule has 0 bridgehead atoms. The summed E-state index contributed by atoms with van der Waals surface area (Å²) >= 11 is 0. The summed E-state index contributed by atoms with van der Waals surface area (Å²) in [6, 6.07) is 0. The Morgan fingerprint density at radius 1 is 1.11 bits per heavy atom. The van der Waals surface area contributed by atoms with Crippen LogP contribution in [-0.4, -0.2) is 75.4 Å². The van der Waals surface area contributed by atoms with Crippen LogP contribution in [0.4, 0.5) is 0 Å². The molecule has 1 atom stereocenters. The highest BCUT2D eigenvalue weighted by molar-refractivity contribution is 4.70. The van der Waals surface area contributed by atoms with Gasteiger partial charge in [0, 0.05) is 45.9 Å². The molecule has 0 spiro atoms. The van der Waals surface area contributed by atoms with Gasteiger partial charge >= 0.3 is 0 Å². The van der Waals surface area contributed by atoms with E-state index in [4.69, 9.17) is 4.74 Å². The molecule has 0 amide bonds. The zero-order valence-electron chi connectivity index (χ0n) is 11.9. The van der Waals surface area contributed by atoms with Crippen molar-refractivity contribution in [3.8, 4) is 0 Å². The molecule has 0 aromatic carbocycles. The Bertz CT molecular complexity index is 211. The molecule has 2 fully saturated rings. The number of ether oxygens (including phenoxy) is 1. The molecule has 2 aliphatic heterocycles. The average Bonchev–Trinajstić information content (AvgIpc) is 2.42. The highest BCUT2D eigenvalue weighted by atomic mass is 16.5. The molecule has 0 aromatic rings. The van der Waals surface area contributed by atoms with E-state index in [1.165, 1.54) is 58.4 Å². The predicted molar refractivity (Wildman–Crippen MR) is 75.0 cm³/mol. The Morgan fingerprint density at radius 2 is 1.94 bits per heavy atom. The van der Waals surface area contributed by atoms with Crippen molar-refractivity contribution in [1.82, 2.24) is 15.1 Å². The van der Waals surface area contributed by atoms with E-state index in [0.717, 1.165) is 19.7 Å². The highest BCUT2D eigenvalue weighted by Crippen LogP contribution is 2.14. The fourth-order valence-corrected chi connectivity index (χ4v) is 2.73. The summed E-state index contributed by atoms with van der Waals surface area (Å²) in [7, 11) is 2.21. The van der Waals surface area contributed by atoms with Crippen molar-refractivity contribution in [3.63, 3.8) is 0 Å². The van der Waals surface area contributed by atoms with E-state index < -0.39 is 0 Å². The van der Waals surface area contributed by atoms with Gasteiger partial charge in [0.25, 0.3) is 0 Å². The first-order chi connectivity index (χ1) is 8.84. The molecular weight excluding hydrogens is 226 g/mol. The van der Waals surface area contributed by atoms with E-state index in [0.29, 0.717) is 6.10 Å². The third-order valence-electron chi connectivity index (χ3n) is 4.12. The normalized spacial score (nSPS) is 27.5. The SMILES string of the molecule is CN1CCN(CCNCCC2CCCCO2)CC1. The molecule has 4 heteroatoms. The lowest BCUT2D eigenvalue weighted by Crippen LogP contribution is -2.46. The molecule has 0 radical (unpaired) electrons. The Hall–Kier alpha value is -0.160. The van der Waals surface area contributed by atoms with Crippen LogP contribution in [0.2, 0.25) is 0 Å². The van der Waals surface area contributed by atoms with E-state index in [2.05, 4.69) is 22.2 Å². The number of piperazine rings is 1. The summed E-state index contributed by atoms with van der Waals surface area (Å²) in [5.41, 5.74) is 0. The number of nitrogens with one attached hydrogen (secondary N) is 1. The quantitative estimate of drug-likeness (QED) is 0.710. The number of nitrogens with zero attached hydrogens (tertiary/aromatic N) is 2. The van der Waals surface area contributed by atoms with Crippen molar-refractivity contribution < 1.29 is 4.74 Å². The maximum absolute atomic E-state index is 5.73. The number of likely N-dealkylation sites (N-methyl/N-ethyl adjacent to an activating group) is 1. The smallest absolute Gasteiger partial charge is 0.0587 e. The second kappa shape index (κ2) is 8.10. The van der Waals surface area contributed by atoms with Gasteiger partial charge in [0.2, 0.25) is 0 Å². The van der Waals surface area contributed by atoms with Crippen molar-refractivity contribution in [2.75, 3.05) is 59.5 Å². The molecule has 4 nitrogen and oxygen atoms in total. The molecule has 2 rings (SSSR count). The number of hydrogen-bond acceptors (Lipinski definition) is 4. The van der Waals surface area contributed by atoms with Gasteiger partial charge in [-0.25, -0.2) is 0 Å². The highest BCUT2D eigenvalue weighted by Gasteiger charge is 2.14. The van der Waals surface area contributed by atoms with Crippen LogP contribution in [0.1, 0.15) is 25.7 Å². The zero-order valence-corrected chi connectivity index (χ0v) is 11.9. The molecule has 106 valence electrons. The van der Waals surface area contributed by atoms with E-state index in [9.17, 15) is 0 Å². The van der Waals surface area contributed by atoms with Crippen LogP contribution in [0.25, 0.3) is 0 Å². The average molecular weight is 255 g/mol. The Balaban J connectivity index is 1.43. The van der Waals surface area contributed by atoms with Gasteiger partial charge in [0.05, 0.1) is 6.10 Å². The van der Waals surface area contributed by atoms with Crippen molar-refractivity contribution in [2.24, 2.45) is 0 Å². The minimum absolute atomic E-state index is 0.523. The summed E-state index contributed by atoms with van der Waals surface area (Å²) in [6.45, 7) is 9.29. The molecule has 0 aliphatic carbocycles. The van der Waals surface area contributed by atoms with Gasteiger partial charge in [-0.1, -0.05) is 0 Å². The molecule has 0 aromatic heterocycles. The molecule has 2 aliphatic rings. The minimum Gasteiger partial charge on any atom is -0.378 e. The summed E-state index contributed by atoms with van der Waals surface area (Å²) in [6.07, 6.45) is 5.58. The molecule has 1 N–H and O–H groups in total. The van der Waals surface area contributed by atoms with Crippen LogP contribution in [0, 0.1) is 0 Å². The van der Waals surface area contributed by atoms with E-state index in [1.807, 2.05) is 0 Å². The van der Waals surface area contributed by atoms with Crippen molar-refractivity contribution in [3.05, 3.63) is 0 Å². The molecular formula is C14H29N3O. The standard InChI is InChI=1S/C14H29N3O/c1-16-9-11-17(12-10-16)8-7-15-6-5-14-4-2-3-13-18-14/h14-15H,2-13H2,1H3. The lowest BCUT2D eigenvalue weighted by atomic mass is 10.1. The Kier molecular flexibility index (Phi) is 6.41. The lowest BCUT2D eigenvalue weighted by molar-refractivity contribution is 0.0115. The van der Waals surface area contributed by atoms with Crippen LogP contribution in [-0.2, 0) is 4.74 Å². The first kappa shape index (κ1) is 14.3. The van der Waals surface area contributed by atoms with Gasteiger partial charge in [-0.15, -0.1) is 0 Å². The molecule has 2 heterocycles. The monoisotopic (exact) mass is 255 g/mol. The van der Waals surface area contributed by atoms with Crippen LogP contribution in [0.3, 0.4) is 0 Å². The maximum atomic E-state index is 5.73. The van der Waals surface area contributed by atoms with Crippen molar-refractivity contribution in [1.29, 1.82) is 0 Å². The van der Waals surface area contributed by atoms with E-state index in [-0.39, 0.29) is 0 Å². The van der Waals surface area contributed by atoms with Gasteiger partial charge in [-0.2, -0.15) is 0 Å². The van der Waals surface area contributed by atoms with E-state index in [1.54, 1.807) is 0 Å². The third kappa shape index (κ3) is 5.22. The van der Waals surface area contributed by atoms with Crippen LogP contribution in [0.5, 0.6) is 0 Å². The van der Waals surface area contributed by atoms with Crippen LogP contribution < -0.4 is 5.32 Å². The first-order valence-electron chi connectivity index (χ1n) is 7.58. The van der Waals surface area contributed by atoms with Gasteiger partial charge in [0.1, 0.15) is 0 Å². The summed E-state index contributed by atoms with van der Waals surface area (Å²) < 4.78 is 5.73. The van der Waals surface area contributed by atoms with Crippen LogP contribution in [0.15, 0.2) is 0 Å². The fourth-order valence-electron chi connectivity index (χ4n) is 2.73. The van der Waals surface area contributed by atoms with Crippen molar-refractivity contribution in [2.45, 2.75) is 31.8 Å². The van der Waals surface area contributed by atoms with Crippen LogP contribution >= 0.6 is 0 Å². The fraction of sp³-hybridized carbons (Fsp3) is 1.00. The topological polar surface area (TPSA) is 27.7 Å². The summed E-state index contributed by atoms with van der Waals surface area (Å²) in [5, 5.41) is 3.56. The summed E-state index contributed by atoms with van der Waals surface area (Å²) in [4.78, 5) is 4.97. The maximum Gasteiger partial charge on any atom is 0.0587 e. The number of rotatable bonds is 6. The number of hydrogen-bond donors (Lipinski definition) is 1. The van der Waals surface area contributed by atoms with Gasteiger partial charge in [-0.3, -0.25) is 4.90 Å². The molecule has 2 saturated heterocycles. The largest absolute Gasteiger partial charge is 0.378 e. The molecule has 0 saturated carbocycles. The lowest BCUT2D eigenvalue weighted by Gasteiger charge is -2.32. The third-order valence-corrected chi connectivity index (χ3v) is 4.12. The summed E-state index contributed by atoms with van der Waals surface area (Å²) in [5.74, 6) is 0. The minimum atomic E-state index is 0.523.